The van der Waals surface area contributed by atoms with Gasteiger partial charge in [-0.15, -0.1) is 0 Å². The summed E-state index contributed by atoms with van der Waals surface area (Å²) in [5, 5.41) is 4.52. The summed E-state index contributed by atoms with van der Waals surface area (Å²) in [6.07, 6.45) is 2.64. The molecule has 0 saturated heterocycles. The van der Waals surface area contributed by atoms with Gasteiger partial charge in [0.25, 0.3) is 0 Å². The summed E-state index contributed by atoms with van der Waals surface area (Å²) >= 11 is 12.0. The lowest BCUT2D eigenvalue weighted by atomic mass is 10.0. The second-order valence-corrected chi connectivity index (χ2v) is 6.03. The summed E-state index contributed by atoms with van der Waals surface area (Å²) in [4.78, 5) is 9.46. The number of benzene rings is 1. The first-order chi connectivity index (χ1) is 10.2. The summed E-state index contributed by atoms with van der Waals surface area (Å²) in [5.74, 6) is 0.854. The molecule has 1 aromatic carbocycles. The molecule has 3 rings (SSSR count). The summed E-state index contributed by atoms with van der Waals surface area (Å²) < 4.78 is 0. The molecule has 1 aromatic heterocycles. The Morgan fingerprint density at radius 2 is 2.05 bits per heavy atom. The average Bonchev–Trinajstić information content (AvgIpc) is 2.50. The van der Waals surface area contributed by atoms with E-state index in [-0.39, 0.29) is 0 Å². The first-order valence-corrected chi connectivity index (χ1v) is 7.95. The van der Waals surface area contributed by atoms with Gasteiger partial charge in [0.2, 0.25) is 0 Å². The molecule has 1 aliphatic heterocycles. The van der Waals surface area contributed by atoms with Gasteiger partial charge in [0.15, 0.2) is 0 Å². The van der Waals surface area contributed by atoms with Crippen molar-refractivity contribution in [2.45, 2.75) is 32.7 Å². The molecule has 0 spiro atoms. The summed E-state index contributed by atoms with van der Waals surface area (Å²) in [7, 11) is 0. The van der Waals surface area contributed by atoms with Gasteiger partial charge in [-0.2, -0.15) is 0 Å². The van der Waals surface area contributed by atoms with E-state index in [9.17, 15) is 0 Å². The van der Waals surface area contributed by atoms with Gasteiger partial charge in [-0.25, -0.2) is 9.97 Å². The van der Waals surface area contributed by atoms with Gasteiger partial charge in [-0.3, -0.25) is 0 Å². The average molecular weight is 322 g/mol. The highest BCUT2D eigenvalue weighted by Crippen LogP contribution is 2.24. The van der Waals surface area contributed by atoms with Crippen molar-refractivity contribution >= 4 is 23.2 Å². The van der Waals surface area contributed by atoms with Crippen LogP contribution in [0.5, 0.6) is 0 Å². The fourth-order valence-corrected chi connectivity index (χ4v) is 3.02. The minimum absolute atomic E-state index is 0.574. The quantitative estimate of drug-likeness (QED) is 0.938. The number of rotatable bonds is 3. The standard InChI is InChI=1S/C16H17Cl2N3/c1-2-14-11-5-6-19-9-15(11)21-16(20-14)8-10-3-4-12(17)13(18)7-10/h3-4,7,19H,2,5-6,8-9H2,1H3. The molecule has 5 heteroatoms. The second-order valence-electron chi connectivity index (χ2n) is 5.22. The third-order valence-corrected chi connectivity index (χ3v) is 4.49. The normalized spacial score (nSPS) is 14.0. The lowest BCUT2D eigenvalue weighted by Gasteiger charge is -2.19. The van der Waals surface area contributed by atoms with E-state index in [1.807, 2.05) is 18.2 Å². The highest BCUT2D eigenvalue weighted by Gasteiger charge is 2.16. The number of halogens is 2. The Hall–Kier alpha value is -1.16. The van der Waals surface area contributed by atoms with Gasteiger partial charge in [0.05, 0.1) is 15.7 Å². The molecule has 0 fully saturated rings. The SMILES string of the molecule is CCc1nc(Cc2ccc(Cl)c(Cl)c2)nc2c1CCNC2. The van der Waals surface area contributed by atoms with E-state index in [4.69, 9.17) is 33.2 Å². The van der Waals surface area contributed by atoms with Gasteiger partial charge in [-0.05, 0) is 42.6 Å². The Morgan fingerprint density at radius 1 is 1.19 bits per heavy atom. The zero-order chi connectivity index (χ0) is 14.8. The third-order valence-electron chi connectivity index (χ3n) is 3.75. The molecule has 2 aromatic rings. The van der Waals surface area contributed by atoms with Crippen LogP contribution in [0.15, 0.2) is 18.2 Å². The molecule has 1 aliphatic rings. The number of hydrogen-bond acceptors (Lipinski definition) is 3. The smallest absolute Gasteiger partial charge is 0.133 e. The van der Waals surface area contributed by atoms with E-state index in [2.05, 4.69) is 12.2 Å². The topological polar surface area (TPSA) is 37.8 Å². The molecule has 0 atom stereocenters. The summed E-state index contributed by atoms with van der Waals surface area (Å²) in [5.41, 5.74) is 4.73. The predicted molar refractivity (Wildman–Crippen MR) is 86.1 cm³/mol. The summed E-state index contributed by atoms with van der Waals surface area (Å²) in [6, 6.07) is 5.68. The highest BCUT2D eigenvalue weighted by molar-refractivity contribution is 6.42. The van der Waals surface area contributed by atoms with Crippen LogP contribution in [0.4, 0.5) is 0 Å². The lowest BCUT2D eigenvalue weighted by Crippen LogP contribution is -2.27. The Bertz CT molecular complexity index is 654. The van der Waals surface area contributed by atoms with Gasteiger partial charge in [0.1, 0.15) is 5.82 Å². The van der Waals surface area contributed by atoms with E-state index in [0.717, 1.165) is 43.0 Å². The van der Waals surface area contributed by atoms with Crippen LogP contribution in [0.25, 0.3) is 0 Å². The van der Waals surface area contributed by atoms with Gasteiger partial charge in [-0.1, -0.05) is 36.2 Å². The van der Waals surface area contributed by atoms with Crippen LogP contribution >= 0.6 is 23.2 Å². The fraction of sp³-hybridized carbons (Fsp3) is 0.375. The molecule has 2 heterocycles. The molecular weight excluding hydrogens is 305 g/mol. The number of hydrogen-bond donors (Lipinski definition) is 1. The molecular formula is C16H17Cl2N3. The molecule has 0 saturated carbocycles. The molecule has 0 radical (unpaired) electrons. The van der Waals surface area contributed by atoms with Crippen molar-refractivity contribution in [3.05, 3.63) is 56.6 Å². The zero-order valence-corrected chi connectivity index (χ0v) is 13.4. The van der Waals surface area contributed by atoms with Crippen molar-refractivity contribution < 1.29 is 0 Å². The number of aromatic nitrogens is 2. The first kappa shape index (κ1) is 14.8. The van der Waals surface area contributed by atoms with Crippen molar-refractivity contribution in [3.63, 3.8) is 0 Å². The van der Waals surface area contributed by atoms with Crippen molar-refractivity contribution in [2.75, 3.05) is 6.54 Å². The predicted octanol–water partition coefficient (Wildman–Crippen LogP) is 3.58. The molecule has 0 bridgehead atoms. The lowest BCUT2D eigenvalue weighted by molar-refractivity contribution is 0.610. The number of nitrogens with one attached hydrogen (secondary N) is 1. The van der Waals surface area contributed by atoms with Crippen molar-refractivity contribution in [2.24, 2.45) is 0 Å². The number of fused-ring (bicyclic) bond motifs is 1. The van der Waals surface area contributed by atoms with Crippen LogP contribution < -0.4 is 5.32 Å². The van der Waals surface area contributed by atoms with Gasteiger partial charge >= 0.3 is 0 Å². The van der Waals surface area contributed by atoms with Crippen LogP contribution in [0.3, 0.4) is 0 Å². The van der Waals surface area contributed by atoms with E-state index in [0.29, 0.717) is 16.5 Å². The first-order valence-electron chi connectivity index (χ1n) is 7.19. The largest absolute Gasteiger partial charge is 0.311 e. The van der Waals surface area contributed by atoms with Crippen molar-refractivity contribution in [1.82, 2.24) is 15.3 Å². The minimum Gasteiger partial charge on any atom is -0.311 e. The Kier molecular flexibility index (Phi) is 4.43. The van der Waals surface area contributed by atoms with Crippen molar-refractivity contribution in [3.8, 4) is 0 Å². The maximum atomic E-state index is 6.07. The van der Waals surface area contributed by atoms with Gasteiger partial charge in [0, 0.05) is 18.7 Å². The minimum atomic E-state index is 0.574. The number of nitrogens with zero attached hydrogens (tertiary/aromatic N) is 2. The Balaban J connectivity index is 1.93. The van der Waals surface area contributed by atoms with Crippen LogP contribution in [-0.4, -0.2) is 16.5 Å². The molecule has 0 amide bonds. The maximum absolute atomic E-state index is 6.07. The van der Waals surface area contributed by atoms with Crippen LogP contribution in [0.2, 0.25) is 10.0 Å². The molecule has 3 nitrogen and oxygen atoms in total. The monoisotopic (exact) mass is 321 g/mol. The van der Waals surface area contributed by atoms with Crippen molar-refractivity contribution in [1.29, 1.82) is 0 Å². The molecule has 110 valence electrons. The van der Waals surface area contributed by atoms with Crippen LogP contribution in [-0.2, 0) is 25.8 Å². The van der Waals surface area contributed by atoms with E-state index in [1.54, 1.807) is 0 Å². The molecule has 0 aliphatic carbocycles. The maximum Gasteiger partial charge on any atom is 0.133 e. The highest BCUT2D eigenvalue weighted by atomic mass is 35.5. The van der Waals surface area contributed by atoms with E-state index < -0.39 is 0 Å². The second kappa shape index (κ2) is 6.30. The van der Waals surface area contributed by atoms with Crippen LogP contribution in [0.1, 0.15) is 35.3 Å². The molecule has 21 heavy (non-hydrogen) atoms. The fourth-order valence-electron chi connectivity index (χ4n) is 2.70. The number of aryl methyl sites for hydroxylation is 1. The van der Waals surface area contributed by atoms with E-state index in [1.165, 1.54) is 11.3 Å². The van der Waals surface area contributed by atoms with Gasteiger partial charge < -0.3 is 5.32 Å². The zero-order valence-electron chi connectivity index (χ0n) is 11.9. The summed E-state index contributed by atoms with van der Waals surface area (Å²) in [6.45, 7) is 3.99. The Labute approximate surface area is 134 Å². The third kappa shape index (κ3) is 3.20. The molecule has 0 unspecified atom stereocenters. The molecule has 1 N–H and O–H groups in total. The van der Waals surface area contributed by atoms with Crippen LogP contribution in [0, 0.1) is 0 Å². The van der Waals surface area contributed by atoms with E-state index >= 15 is 0 Å². The Morgan fingerprint density at radius 3 is 2.81 bits per heavy atom.